The fourth-order valence-electron chi connectivity index (χ4n) is 1.77. The summed E-state index contributed by atoms with van der Waals surface area (Å²) in [6.07, 6.45) is 12.6. The normalized spacial score (nSPS) is 13.1. The van der Waals surface area contributed by atoms with Crippen LogP contribution in [-0.2, 0) is 24.9 Å². The van der Waals surface area contributed by atoms with Gasteiger partial charge in [-0.2, -0.15) is 18.1 Å². The van der Waals surface area contributed by atoms with Gasteiger partial charge in [-0.15, -0.1) is 12.2 Å². The van der Waals surface area contributed by atoms with Gasteiger partial charge in [0.2, 0.25) is 0 Å². The molecular weight excluding hydrogens is 442 g/mol. The second-order valence-corrected chi connectivity index (χ2v) is 4.56. The molecule has 1 aromatic heterocycles. The van der Waals surface area contributed by atoms with E-state index in [1.54, 1.807) is 0 Å². The summed E-state index contributed by atoms with van der Waals surface area (Å²) in [5, 5.41) is 8.36. The Balaban J connectivity index is 0.000000436. The summed E-state index contributed by atoms with van der Waals surface area (Å²) in [5.41, 5.74) is 3.58. The van der Waals surface area contributed by atoms with Gasteiger partial charge in [0.05, 0.1) is 5.76 Å². The molecule has 0 amide bonds. The Hall–Kier alpha value is -1.64. The summed E-state index contributed by atoms with van der Waals surface area (Å²) in [7, 11) is 0. The number of pyridine rings is 1. The average Bonchev–Trinajstić information content (AvgIpc) is 2.39. The van der Waals surface area contributed by atoms with Crippen molar-refractivity contribution in [2.45, 2.75) is 27.2 Å². The molecule has 1 aromatic rings. The Bertz CT molecular complexity index is 556. The minimum Gasteiger partial charge on any atom is -0.512 e. The molecule has 0 aliphatic heterocycles. The van der Waals surface area contributed by atoms with Crippen LogP contribution >= 0.6 is 0 Å². The molecule has 115 valence electrons. The molecule has 21 heavy (non-hydrogen) atoms. The predicted molar refractivity (Wildman–Crippen MR) is 82.1 cm³/mol. The van der Waals surface area contributed by atoms with Gasteiger partial charge in [-0.3, -0.25) is 4.79 Å². The van der Waals surface area contributed by atoms with Crippen molar-refractivity contribution in [3.05, 3.63) is 66.1 Å². The van der Waals surface area contributed by atoms with E-state index in [2.05, 4.69) is 42.6 Å². The van der Waals surface area contributed by atoms with Crippen LogP contribution in [-0.4, -0.2) is 15.9 Å². The third kappa shape index (κ3) is 7.64. The molecule has 0 saturated carbocycles. The van der Waals surface area contributed by atoms with Crippen molar-refractivity contribution in [3.8, 4) is 0 Å². The molecule has 4 heteroatoms. The third-order valence-electron chi connectivity index (χ3n) is 2.58. The standard InChI is InChI=1S/C12H12N.C5H8O2.Ir/c1-10-6-5-9-13-12(10)11-7-3-2-4-8-11;1-4(6)3-5(2)7;/h2-3,5-9H,4H2,1H3;3,6H,1-2H3;/q-1;;/b;4-3-;. The molecule has 1 heterocycles. The van der Waals surface area contributed by atoms with E-state index >= 15 is 0 Å². The Morgan fingerprint density at radius 1 is 1.43 bits per heavy atom. The van der Waals surface area contributed by atoms with E-state index in [0.29, 0.717) is 0 Å². The summed E-state index contributed by atoms with van der Waals surface area (Å²) in [6.45, 7) is 4.94. The number of ketones is 1. The van der Waals surface area contributed by atoms with E-state index in [0.717, 1.165) is 12.1 Å². The van der Waals surface area contributed by atoms with Crippen molar-refractivity contribution in [1.29, 1.82) is 0 Å². The van der Waals surface area contributed by atoms with Crippen LogP contribution < -0.4 is 0 Å². The summed E-state index contributed by atoms with van der Waals surface area (Å²) < 4.78 is 0. The summed E-state index contributed by atoms with van der Waals surface area (Å²) in [6, 6.07) is 4.06. The fourth-order valence-corrected chi connectivity index (χ4v) is 1.77. The van der Waals surface area contributed by atoms with Gasteiger partial charge in [0.15, 0.2) is 5.78 Å². The maximum absolute atomic E-state index is 10.0. The molecule has 2 rings (SSSR count). The predicted octanol–water partition coefficient (Wildman–Crippen LogP) is 3.97. The van der Waals surface area contributed by atoms with E-state index in [-0.39, 0.29) is 31.6 Å². The monoisotopic (exact) mass is 463 g/mol. The second-order valence-electron chi connectivity index (χ2n) is 4.56. The van der Waals surface area contributed by atoms with Gasteiger partial charge in [0.1, 0.15) is 0 Å². The van der Waals surface area contributed by atoms with Gasteiger partial charge in [-0.25, -0.2) is 0 Å². The van der Waals surface area contributed by atoms with Crippen molar-refractivity contribution in [3.63, 3.8) is 0 Å². The zero-order chi connectivity index (χ0) is 15.0. The number of nitrogens with zero attached hydrogens (tertiary/aromatic N) is 1. The Kier molecular flexibility index (Phi) is 9.35. The number of aryl methyl sites for hydroxylation is 1. The first kappa shape index (κ1) is 19.4. The quantitative estimate of drug-likeness (QED) is 0.411. The number of carbonyl (C=O) groups is 1. The molecule has 1 aliphatic rings. The molecule has 0 bridgehead atoms. The van der Waals surface area contributed by atoms with Crippen LogP contribution in [0.3, 0.4) is 0 Å². The van der Waals surface area contributed by atoms with Crippen LogP contribution in [0.1, 0.15) is 31.5 Å². The van der Waals surface area contributed by atoms with Crippen LogP contribution in [0.15, 0.2) is 48.4 Å². The number of aliphatic hydroxyl groups excluding tert-OH is 1. The van der Waals surface area contributed by atoms with Gasteiger partial charge >= 0.3 is 0 Å². The van der Waals surface area contributed by atoms with Crippen LogP contribution in [0.2, 0.25) is 0 Å². The van der Waals surface area contributed by atoms with Crippen molar-refractivity contribution in [1.82, 2.24) is 4.98 Å². The molecule has 0 atom stereocenters. The second kappa shape index (κ2) is 10.1. The number of hydrogen-bond donors (Lipinski definition) is 1. The smallest absolute Gasteiger partial charge is 0.155 e. The molecule has 1 radical (unpaired) electrons. The van der Waals surface area contributed by atoms with Crippen LogP contribution in [0.25, 0.3) is 5.57 Å². The number of rotatable bonds is 2. The fraction of sp³-hybridized carbons (Fsp3) is 0.235. The summed E-state index contributed by atoms with van der Waals surface area (Å²) >= 11 is 0. The zero-order valence-electron chi connectivity index (χ0n) is 12.5. The van der Waals surface area contributed by atoms with Gasteiger partial charge in [0.25, 0.3) is 0 Å². The van der Waals surface area contributed by atoms with Gasteiger partial charge in [0, 0.05) is 32.4 Å². The maximum Gasteiger partial charge on any atom is 0.155 e. The van der Waals surface area contributed by atoms with Crippen molar-refractivity contribution < 1.29 is 30.0 Å². The number of carbonyl (C=O) groups excluding carboxylic acids is 1. The first-order valence-corrected chi connectivity index (χ1v) is 6.50. The molecule has 0 saturated heterocycles. The Labute approximate surface area is 139 Å². The largest absolute Gasteiger partial charge is 0.512 e. The molecule has 0 unspecified atom stereocenters. The van der Waals surface area contributed by atoms with Crippen LogP contribution in [0, 0.1) is 13.3 Å². The number of aromatic nitrogens is 1. The van der Waals surface area contributed by atoms with E-state index in [4.69, 9.17) is 5.11 Å². The maximum atomic E-state index is 10.0. The summed E-state index contributed by atoms with van der Waals surface area (Å²) in [5.74, 6) is -0.0625. The first-order valence-electron chi connectivity index (χ1n) is 6.50. The van der Waals surface area contributed by atoms with Gasteiger partial charge in [-0.1, -0.05) is 18.1 Å². The van der Waals surface area contributed by atoms with Crippen LogP contribution in [0.4, 0.5) is 0 Å². The molecule has 0 spiro atoms. The van der Waals surface area contributed by atoms with E-state index in [9.17, 15) is 4.79 Å². The molecular formula is C17H20IrNO2-. The number of hydrogen-bond acceptors (Lipinski definition) is 3. The third-order valence-corrected chi connectivity index (χ3v) is 2.58. The SMILES string of the molecule is CC(=O)/C=C(/C)O.Cc1cccnc1C1=CC=CC[CH-]1.[Ir]. The van der Waals surface area contributed by atoms with Gasteiger partial charge in [-0.05, 0) is 32.5 Å². The number of aliphatic hydroxyl groups is 1. The first-order chi connectivity index (χ1) is 9.50. The molecule has 1 aliphatic carbocycles. The van der Waals surface area contributed by atoms with Crippen molar-refractivity contribution >= 4 is 11.4 Å². The van der Waals surface area contributed by atoms with Gasteiger partial charge < -0.3 is 10.1 Å². The molecule has 0 aromatic carbocycles. The van der Waals surface area contributed by atoms with E-state index in [1.165, 1.54) is 31.1 Å². The summed E-state index contributed by atoms with van der Waals surface area (Å²) in [4.78, 5) is 14.4. The van der Waals surface area contributed by atoms with Crippen molar-refractivity contribution in [2.24, 2.45) is 0 Å². The number of allylic oxidation sites excluding steroid dienone is 6. The van der Waals surface area contributed by atoms with E-state index in [1.807, 2.05) is 12.3 Å². The van der Waals surface area contributed by atoms with E-state index < -0.39 is 0 Å². The zero-order valence-corrected chi connectivity index (χ0v) is 14.9. The minimum absolute atomic E-state index is 0. The molecule has 0 fully saturated rings. The Morgan fingerprint density at radius 3 is 2.57 bits per heavy atom. The molecule has 3 nitrogen and oxygen atoms in total. The van der Waals surface area contributed by atoms with Crippen molar-refractivity contribution in [2.75, 3.05) is 0 Å². The molecule has 1 N–H and O–H groups in total. The topological polar surface area (TPSA) is 50.2 Å². The average molecular weight is 463 g/mol. The Morgan fingerprint density at radius 2 is 2.14 bits per heavy atom. The van der Waals surface area contributed by atoms with Crippen LogP contribution in [0.5, 0.6) is 0 Å². The minimum atomic E-state index is -0.125.